The van der Waals surface area contributed by atoms with Crippen molar-refractivity contribution in [2.75, 3.05) is 25.4 Å². The third-order valence-electron chi connectivity index (χ3n) is 3.29. The van der Waals surface area contributed by atoms with Crippen molar-refractivity contribution in [1.82, 2.24) is 4.90 Å². The number of piperidine rings is 1. The number of aliphatic hydroxyl groups is 1. The van der Waals surface area contributed by atoms with Crippen molar-refractivity contribution in [3.05, 3.63) is 29.6 Å². The van der Waals surface area contributed by atoms with Gasteiger partial charge in [-0.15, -0.1) is 0 Å². The molecule has 2 rings (SSSR count). The lowest BCUT2D eigenvalue weighted by molar-refractivity contribution is 0.0616. The Morgan fingerprint density at radius 3 is 3.00 bits per heavy atom. The summed E-state index contributed by atoms with van der Waals surface area (Å²) in [6.07, 6.45) is 1.75. The Bertz CT molecular complexity index is 451. The fraction of sp³-hybridized carbons (Fsp3) is 0.462. The first-order valence-electron chi connectivity index (χ1n) is 6.07. The Hall–Kier alpha value is -1.62. The summed E-state index contributed by atoms with van der Waals surface area (Å²) in [5.41, 5.74) is 5.80. The van der Waals surface area contributed by atoms with Gasteiger partial charge in [0.2, 0.25) is 0 Å². The molecule has 0 aromatic heterocycles. The van der Waals surface area contributed by atoms with E-state index in [-0.39, 0.29) is 24.0 Å². The van der Waals surface area contributed by atoms with Crippen molar-refractivity contribution in [1.29, 1.82) is 0 Å². The number of rotatable bonds is 2. The molecule has 1 fully saturated rings. The third-order valence-corrected chi connectivity index (χ3v) is 3.29. The van der Waals surface area contributed by atoms with Crippen molar-refractivity contribution in [2.45, 2.75) is 12.8 Å². The molecular formula is C13H17FN2O2. The second kappa shape index (κ2) is 5.35. The van der Waals surface area contributed by atoms with Gasteiger partial charge in [-0.3, -0.25) is 4.79 Å². The molecule has 18 heavy (non-hydrogen) atoms. The lowest BCUT2D eigenvalue weighted by Gasteiger charge is -2.32. The molecule has 1 unspecified atom stereocenters. The van der Waals surface area contributed by atoms with Crippen molar-refractivity contribution in [3.63, 3.8) is 0 Å². The normalized spacial score (nSPS) is 19.9. The van der Waals surface area contributed by atoms with E-state index in [4.69, 9.17) is 10.8 Å². The first-order chi connectivity index (χ1) is 8.61. The minimum absolute atomic E-state index is 0.0442. The van der Waals surface area contributed by atoms with Crippen LogP contribution in [-0.4, -0.2) is 35.6 Å². The number of carbonyl (C=O) groups excluding carboxylic acids is 1. The Morgan fingerprint density at radius 2 is 2.33 bits per heavy atom. The van der Waals surface area contributed by atoms with Crippen molar-refractivity contribution >= 4 is 11.6 Å². The quantitative estimate of drug-likeness (QED) is 0.778. The fourth-order valence-electron chi connectivity index (χ4n) is 2.27. The Kier molecular flexibility index (Phi) is 3.81. The monoisotopic (exact) mass is 252 g/mol. The molecule has 1 aromatic carbocycles. The van der Waals surface area contributed by atoms with E-state index in [1.807, 2.05) is 0 Å². The highest BCUT2D eigenvalue weighted by Gasteiger charge is 2.25. The lowest BCUT2D eigenvalue weighted by atomic mass is 9.98. The first kappa shape index (κ1) is 12.8. The van der Waals surface area contributed by atoms with Crippen LogP contribution in [0, 0.1) is 11.7 Å². The number of likely N-dealkylation sites (tertiary alicyclic amines) is 1. The molecule has 1 amide bonds. The number of nitrogens with two attached hydrogens (primary N) is 1. The Morgan fingerprint density at radius 1 is 1.56 bits per heavy atom. The SMILES string of the molecule is Nc1ccc(C(=O)N2CCCC(CO)C2)c(F)c1. The smallest absolute Gasteiger partial charge is 0.256 e. The van der Waals surface area contributed by atoms with Gasteiger partial charge >= 0.3 is 0 Å². The van der Waals surface area contributed by atoms with E-state index >= 15 is 0 Å². The highest BCUT2D eigenvalue weighted by atomic mass is 19.1. The van der Waals surface area contributed by atoms with E-state index in [0.717, 1.165) is 18.9 Å². The van der Waals surface area contributed by atoms with Crippen molar-refractivity contribution in [3.8, 4) is 0 Å². The summed E-state index contributed by atoms with van der Waals surface area (Å²) in [4.78, 5) is 13.8. The largest absolute Gasteiger partial charge is 0.399 e. The first-order valence-corrected chi connectivity index (χ1v) is 6.07. The average Bonchev–Trinajstić information content (AvgIpc) is 2.38. The zero-order valence-electron chi connectivity index (χ0n) is 10.1. The number of hydrogen-bond acceptors (Lipinski definition) is 3. The predicted octanol–water partition coefficient (Wildman–Crippen LogP) is 1.25. The summed E-state index contributed by atoms with van der Waals surface area (Å²) < 4.78 is 13.7. The molecule has 0 bridgehead atoms. The Labute approximate surface area is 105 Å². The maximum Gasteiger partial charge on any atom is 0.256 e. The summed E-state index contributed by atoms with van der Waals surface area (Å²) in [5, 5.41) is 9.12. The van der Waals surface area contributed by atoms with Crippen LogP contribution in [0.2, 0.25) is 0 Å². The van der Waals surface area contributed by atoms with Gasteiger partial charge in [0, 0.05) is 25.4 Å². The van der Waals surface area contributed by atoms with E-state index in [0.29, 0.717) is 18.8 Å². The van der Waals surface area contributed by atoms with Crippen LogP contribution in [0.15, 0.2) is 18.2 Å². The number of halogens is 1. The molecule has 98 valence electrons. The number of aliphatic hydroxyl groups excluding tert-OH is 1. The van der Waals surface area contributed by atoms with Gasteiger partial charge < -0.3 is 15.7 Å². The van der Waals surface area contributed by atoms with Crippen molar-refractivity contribution < 1.29 is 14.3 Å². The van der Waals surface area contributed by atoms with Crippen LogP contribution in [0.5, 0.6) is 0 Å². The van der Waals surface area contributed by atoms with Gasteiger partial charge in [-0.25, -0.2) is 4.39 Å². The standard InChI is InChI=1S/C13H17FN2O2/c14-12-6-10(15)3-4-11(12)13(18)16-5-1-2-9(7-16)8-17/h3-4,6,9,17H,1-2,5,7-8,15H2. The number of carbonyl (C=O) groups is 1. The van der Waals surface area contributed by atoms with Crippen LogP contribution in [0.3, 0.4) is 0 Å². The van der Waals surface area contributed by atoms with Crippen molar-refractivity contribution in [2.24, 2.45) is 5.92 Å². The number of hydrogen-bond donors (Lipinski definition) is 2. The second-order valence-corrected chi connectivity index (χ2v) is 4.68. The molecule has 0 saturated carbocycles. The molecular weight excluding hydrogens is 235 g/mol. The van der Waals surface area contributed by atoms with Gasteiger partial charge in [-0.2, -0.15) is 0 Å². The Balaban J connectivity index is 2.15. The van der Waals surface area contributed by atoms with E-state index in [9.17, 15) is 9.18 Å². The molecule has 3 N–H and O–H groups in total. The molecule has 1 aliphatic heterocycles. The summed E-state index contributed by atoms with van der Waals surface area (Å²) >= 11 is 0. The highest BCUT2D eigenvalue weighted by Crippen LogP contribution is 2.20. The second-order valence-electron chi connectivity index (χ2n) is 4.68. The topological polar surface area (TPSA) is 66.6 Å². The van der Waals surface area contributed by atoms with Gasteiger partial charge in [-0.1, -0.05) is 0 Å². The van der Waals surface area contributed by atoms with Crippen LogP contribution in [0.1, 0.15) is 23.2 Å². The molecule has 4 nitrogen and oxygen atoms in total. The maximum atomic E-state index is 13.7. The van der Waals surface area contributed by atoms with E-state index in [2.05, 4.69) is 0 Å². The zero-order chi connectivity index (χ0) is 13.1. The van der Waals surface area contributed by atoms with Gasteiger partial charge in [0.1, 0.15) is 5.82 Å². The predicted molar refractivity (Wildman–Crippen MR) is 66.5 cm³/mol. The van der Waals surface area contributed by atoms with Gasteiger partial charge in [0.05, 0.1) is 5.56 Å². The van der Waals surface area contributed by atoms with E-state index in [1.165, 1.54) is 12.1 Å². The minimum Gasteiger partial charge on any atom is -0.399 e. The summed E-state index contributed by atoms with van der Waals surface area (Å²) in [6.45, 7) is 1.16. The lowest BCUT2D eigenvalue weighted by Crippen LogP contribution is -2.41. The number of nitrogen functional groups attached to an aromatic ring is 1. The van der Waals surface area contributed by atoms with E-state index in [1.54, 1.807) is 4.90 Å². The van der Waals surface area contributed by atoms with Crippen LogP contribution in [0.4, 0.5) is 10.1 Å². The number of benzene rings is 1. The molecule has 1 heterocycles. The molecule has 0 spiro atoms. The summed E-state index contributed by atoms with van der Waals surface area (Å²) in [6, 6.07) is 4.08. The van der Waals surface area contributed by atoms with Crippen LogP contribution in [-0.2, 0) is 0 Å². The molecule has 5 heteroatoms. The van der Waals surface area contributed by atoms with Crippen LogP contribution >= 0.6 is 0 Å². The molecule has 0 aliphatic carbocycles. The van der Waals surface area contributed by atoms with Gasteiger partial charge in [-0.05, 0) is 37.0 Å². The fourth-order valence-corrected chi connectivity index (χ4v) is 2.27. The summed E-state index contributed by atoms with van der Waals surface area (Å²) in [7, 11) is 0. The maximum absolute atomic E-state index is 13.7. The zero-order valence-corrected chi connectivity index (χ0v) is 10.1. The molecule has 1 aromatic rings. The minimum atomic E-state index is -0.592. The van der Waals surface area contributed by atoms with Crippen LogP contribution < -0.4 is 5.73 Å². The number of nitrogens with zero attached hydrogens (tertiary/aromatic N) is 1. The molecule has 1 saturated heterocycles. The molecule has 1 atom stereocenters. The summed E-state index contributed by atoms with van der Waals surface area (Å²) in [5.74, 6) is -0.823. The van der Waals surface area contributed by atoms with Gasteiger partial charge in [0.15, 0.2) is 0 Å². The van der Waals surface area contributed by atoms with E-state index < -0.39 is 5.82 Å². The van der Waals surface area contributed by atoms with Gasteiger partial charge in [0.25, 0.3) is 5.91 Å². The molecule has 0 radical (unpaired) electrons. The number of amides is 1. The molecule has 1 aliphatic rings. The number of anilines is 1. The third kappa shape index (κ3) is 2.61. The highest BCUT2D eigenvalue weighted by molar-refractivity contribution is 5.94. The van der Waals surface area contributed by atoms with Crippen LogP contribution in [0.25, 0.3) is 0 Å². The average molecular weight is 252 g/mol.